The molecule has 0 unspecified atom stereocenters. The average molecular weight is 324 g/mol. The van der Waals surface area contributed by atoms with Crippen LogP contribution in [0.15, 0.2) is 18.2 Å². The van der Waals surface area contributed by atoms with Crippen molar-refractivity contribution in [2.24, 2.45) is 0 Å². The molecule has 0 fully saturated rings. The molecule has 0 radical (unpaired) electrons. The van der Waals surface area contributed by atoms with Gasteiger partial charge in [0.1, 0.15) is 0 Å². The van der Waals surface area contributed by atoms with Crippen LogP contribution < -0.4 is 5.30 Å². The molecule has 0 aliphatic heterocycles. The summed E-state index contributed by atoms with van der Waals surface area (Å²) in [5.74, 6) is -5.02. The van der Waals surface area contributed by atoms with Gasteiger partial charge in [-0.2, -0.15) is 0 Å². The second-order valence-corrected chi connectivity index (χ2v) is 9.88. The van der Waals surface area contributed by atoms with Gasteiger partial charge < -0.3 is 0 Å². The van der Waals surface area contributed by atoms with E-state index < -0.39 is 19.0 Å². The molecule has 0 atom stereocenters. The van der Waals surface area contributed by atoms with Gasteiger partial charge in [0.05, 0.1) is 0 Å². The van der Waals surface area contributed by atoms with Crippen molar-refractivity contribution in [2.75, 3.05) is 0 Å². The van der Waals surface area contributed by atoms with E-state index in [0.717, 1.165) is 5.56 Å². The molecule has 1 rings (SSSR count). The molecule has 2 N–H and O–H groups in total. The molecule has 1 aromatic rings. The summed E-state index contributed by atoms with van der Waals surface area (Å²) in [6.45, 7) is 11.2. The van der Waals surface area contributed by atoms with E-state index in [1.54, 1.807) is 32.9 Å². The van der Waals surface area contributed by atoms with Crippen LogP contribution in [0.5, 0.6) is 0 Å². The van der Waals surface area contributed by atoms with Crippen LogP contribution in [0.25, 0.3) is 0 Å². The van der Waals surface area contributed by atoms with E-state index in [1.165, 1.54) is 6.07 Å². The van der Waals surface area contributed by atoms with Crippen LogP contribution in [0, 0.1) is 0 Å². The number of hydrogen-bond donors (Lipinski definition) is 2. The van der Waals surface area contributed by atoms with Crippen LogP contribution in [0.3, 0.4) is 0 Å². The molecule has 21 heavy (non-hydrogen) atoms. The fourth-order valence-electron chi connectivity index (χ4n) is 2.09. The van der Waals surface area contributed by atoms with Gasteiger partial charge in [0, 0.05) is 0 Å². The minimum absolute atomic E-state index is 0.230. The van der Waals surface area contributed by atoms with Gasteiger partial charge >= 0.3 is 124 Å². The number of alkyl halides is 3. The summed E-state index contributed by atoms with van der Waals surface area (Å²) in [5.41, 5.74) is 0.351. The standard InChI is InChI=1S/C15H24F3O2P/c1-13(2,3)10-7-8-12(11(9-10)14(4,5)6)21(19,20)15(16,17)18/h7-9,19-21H,1-6H3. The minimum atomic E-state index is -5.52. The summed E-state index contributed by atoms with van der Waals surface area (Å²) in [6, 6.07) is 4.43. The Hall–Kier alpha value is -0.640. The maximum atomic E-state index is 13.0. The Morgan fingerprint density at radius 1 is 0.857 bits per heavy atom. The Morgan fingerprint density at radius 2 is 1.33 bits per heavy atom. The Balaban J connectivity index is 3.62. The molecule has 0 aliphatic rings. The topological polar surface area (TPSA) is 40.5 Å². The zero-order valence-corrected chi connectivity index (χ0v) is 14.3. The van der Waals surface area contributed by atoms with Gasteiger partial charge in [-0.25, -0.2) is 0 Å². The van der Waals surface area contributed by atoms with E-state index in [4.69, 9.17) is 0 Å². The van der Waals surface area contributed by atoms with E-state index in [9.17, 15) is 23.0 Å². The van der Waals surface area contributed by atoms with Gasteiger partial charge in [0.25, 0.3) is 0 Å². The monoisotopic (exact) mass is 324 g/mol. The summed E-state index contributed by atoms with van der Waals surface area (Å²) in [5, 5.41) is -0.379. The first-order valence-corrected chi connectivity index (χ1v) is 8.65. The van der Waals surface area contributed by atoms with Crippen LogP contribution >= 0.6 is 7.72 Å². The van der Waals surface area contributed by atoms with Gasteiger partial charge in [-0.3, -0.25) is 0 Å². The molecule has 0 aromatic heterocycles. The van der Waals surface area contributed by atoms with Gasteiger partial charge in [-0.15, -0.1) is 0 Å². The Kier molecular flexibility index (Phi) is 4.58. The molecule has 0 bridgehead atoms. The summed E-state index contributed by atoms with van der Waals surface area (Å²) in [4.78, 5) is 19.5. The van der Waals surface area contributed by atoms with Crippen molar-refractivity contribution < 1.29 is 23.0 Å². The van der Waals surface area contributed by atoms with E-state index in [0.29, 0.717) is 5.56 Å². The van der Waals surface area contributed by atoms with E-state index in [1.807, 2.05) is 20.8 Å². The van der Waals surface area contributed by atoms with Gasteiger partial charge in [-0.1, -0.05) is 0 Å². The van der Waals surface area contributed by atoms with Crippen molar-refractivity contribution >= 4 is 13.0 Å². The van der Waals surface area contributed by atoms with E-state index in [2.05, 4.69) is 0 Å². The molecule has 2 nitrogen and oxygen atoms in total. The SMILES string of the molecule is CC(C)(C)c1ccc([PH](O)(O)C(F)(F)F)c(C(C)(C)C)c1. The Morgan fingerprint density at radius 3 is 1.67 bits per heavy atom. The van der Waals surface area contributed by atoms with Crippen LogP contribution in [0.1, 0.15) is 52.7 Å². The summed E-state index contributed by atoms with van der Waals surface area (Å²) >= 11 is 0. The molecule has 0 heterocycles. The molecule has 0 aliphatic carbocycles. The molecular weight excluding hydrogens is 300 g/mol. The molecule has 0 saturated heterocycles. The normalized spacial score (nSPS) is 15.2. The molecule has 1 aromatic carbocycles. The van der Waals surface area contributed by atoms with Crippen LogP contribution in [-0.4, -0.2) is 15.7 Å². The zero-order chi connectivity index (χ0) is 16.9. The van der Waals surface area contributed by atoms with Crippen molar-refractivity contribution in [1.82, 2.24) is 0 Å². The third-order valence-corrected chi connectivity index (χ3v) is 5.44. The predicted molar refractivity (Wildman–Crippen MR) is 82.3 cm³/mol. The quantitative estimate of drug-likeness (QED) is 0.767. The number of hydrogen-bond acceptors (Lipinski definition) is 2. The van der Waals surface area contributed by atoms with E-state index >= 15 is 0 Å². The first kappa shape index (κ1) is 18.4. The van der Waals surface area contributed by atoms with Crippen LogP contribution in [-0.2, 0) is 10.8 Å². The summed E-state index contributed by atoms with van der Waals surface area (Å²) in [7, 11) is -5.52. The first-order chi connectivity index (χ1) is 9.08. The number of rotatable bonds is 1. The average Bonchev–Trinajstić information content (AvgIpc) is 2.24. The van der Waals surface area contributed by atoms with Gasteiger partial charge in [0.15, 0.2) is 0 Å². The Bertz CT molecular complexity index is 523. The molecule has 0 amide bonds. The van der Waals surface area contributed by atoms with Gasteiger partial charge in [-0.05, 0) is 0 Å². The Labute approximate surface area is 124 Å². The summed E-state index contributed by atoms with van der Waals surface area (Å²) in [6.07, 6.45) is 0. The molecule has 0 spiro atoms. The zero-order valence-electron chi connectivity index (χ0n) is 13.3. The number of halogens is 3. The van der Waals surface area contributed by atoms with Crippen molar-refractivity contribution in [3.63, 3.8) is 0 Å². The van der Waals surface area contributed by atoms with Crippen molar-refractivity contribution in [3.8, 4) is 0 Å². The fourth-order valence-corrected chi connectivity index (χ4v) is 3.53. The second kappa shape index (κ2) is 5.22. The van der Waals surface area contributed by atoms with Crippen molar-refractivity contribution in [2.45, 2.75) is 58.3 Å². The predicted octanol–water partition coefficient (Wildman–Crippen LogP) is 3.99. The van der Waals surface area contributed by atoms with Crippen LogP contribution in [0.4, 0.5) is 13.2 Å². The molecule has 0 saturated carbocycles. The molecule has 6 heteroatoms. The third kappa shape index (κ3) is 3.77. The summed E-state index contributed by atoms with van der Waals surface area (Å²) < 4.78 is 39.0. The van der Waals surface area contributed by atoms with E-state index in [-0.39, 0.29) is 10.7 Å². The second-order valence-electron chi connectivity index (χ2n) is 7.43. The molecule has 122 valence electrons. The third-order valence-electron chi connectivity index (χ3n) is 3.46. The van der Waals surface area contributed by atoms with Gasteiger partial charge in [0.2, 0.25) is 0 Å². The molecular formula is C15H24F3O2P. The first-order valence-electron chi connectivity index (χ1n) is 6.75. The fraction of sp³-hybridized carbons (Fsp3) is 0.600. The maximum absolute atomic E-state index is 13.0. The van der Waals surface area contributed by atoms with Crippen molar-refractivity contribution in [1.29, 1.82) is 0 Å². The number of benzene rings is 1. The van der Waals surface area contributed by atoms with Crippen molar-refractivity contribution in [3.05, 3.63) is 29.3 Å². The van der Waals surface area contributed by atoms with Crippen LogP contribution in [0.2, 0.25) is 0 Å².